The molecule has 0 fully saturated rings. The molecule has 84 valence electrons. The highest BCUT2D eigenvalue weighted by molar-refractivity contribution is 6.30. The first-order valence-corrected chi connectivity index (χ1v) is 5.25. The third-order valence-electron chi connectivity index (χ3n) is 2.33. The summed E-state index contributed by atoms with van der Waals surface area (Å²) in [6.45, 7) is 2.47. The van der Waals surface area contributed by atoms with E-state index in [-0.39, 0.29) is 19.3 Å². The number of halogens is 1. The zero-order valence-electron chi connectivity index (χ0n) is 8.70. The predicted octanol–water partition coefficient (Wildman–Crippen LogP) is 1.09. The van der Waals surface area contributed by atoms with E-state index in [0.717, 1.165) is 16.1 Å². The van der Waals surface area contributed by atoms with Gasteiger partial charge in [0.1, 0.15) is 0 Å². The molecule has 0 amide bonds. The van der Waals surface area contributed by atoms with Gasteiger partial charge < -0.3 is 15.5 Å². The molecule has 1 aromatic carbocycles. The molecule has 0 atom stereocenters. The minimum Gasteiger partial charge on any atom is -0.395 e. The van der Waals surface area contributed by atoms with Crippen molar-refractivity contribution in [2.24, 2.45) is 0 Å². The predicted molar refractivity (Wildman–Crippen MR) is 61.0 cm³/mol. The first-order chi connectivity index (χ1) is 7.17. The number of hydrogen-bond donors (Lipinski definition) is 3. The van der Waals surface area contributed by atoms with Crippen molar-refractivity contribution in [3.63, 3.8) is 0 Å². The molecule has 3 N–H and O–H groups in total. The average molecular weight is 230 g/mol. The van der Waals surface area contributed by atoms with Crippen molar-refractivity contribution in [1.82, 2.24) is 5.32 Å². The Bertz CT molecular complexity index is 313. The molecule has 3 nitrogen and oxygen atoms in total. The van der Waals surface area contributed by atoms with Crippen LogP contribution in [0.1, 0.15) is 11.1 Å². The van der Waals surface area contributed by atoms with E-state index in [2.05, 4.69) is 5.32 Å². The van der Waals surface area contributed by atoms with Crippen molar-refractivity contribution in [3.8, 4) is 0 Å². The quantitative estimate of drug-likeness (QED) is 0.709. The molecule has 0 saturated heterocycles. The number of benzene rings is 1. The third-order valence-corrected chi connectivity index (χ3v) is 2.56. The van der Waals surface area contributed by atoms with Crippen LogP contribution >= 0.6 is 11.6 Å². The minimum atomic E-state index is -0.264. The Labute approximate surface area is 94.7 Å². The minimum absolute atomic E-state index is 0.0663. The van der Waals surface area contributed by atoms with Crippen LogP contribution in [0.5, 0.6) is 0 Å². The Balaban J connectivity index is 2.57. The molecule has 0 aromatic heterocycles. The van der Waals surface area contributed by atoms with Crippen LogP contribution in [0.4, 0.5) is 0 Å². The summed E-state index contributed by atoms with van der Waals surface area (Å²) < 4.78 is 0. The Morgan fingerprint density at radius 1 is 1.33 bits per heavy atom. The Hall–Kier alpha value is -0.610. The molecule has 0 unspecified atom stereocenters. The summed E-state index contributed by atoms with van der Waals surface area (Å²) in [5, 5.41) is 21.5. The van der Waals surface area contributed by atoms with Gasteiger partial charge >= 0.3 is 0 Å². The molecular formula is C11H16ClNO2. The van der Waals surface area contributed by atoms with Gasteiger partial charge in [0.25, 0.3) is 0 Å². The monoisotopic (exact) mass is 229 g/mol. The SMILES string of the molecule is Cc1cc(Cl)ccc1CNC(CO)CO. The summed E-state index contributed by atoms with van der Waals surface area (Å²) in [7, 11) is 0. The summed E-state index contributed by atoms with van der Waals surface area (Å²) in [4.78, 5) is 0. The van der Waals surface area contributed by atoms with E-state index in [9.17, 15) is 0 Å². The van der Waals surface area contributed by atoms with Gasteiger partial charge in [-0.15, -0.1) is 0 Å². The summed E-state index contributed by atoms with van der Waals surface area (Å²) in [6.07, 6.45) is 0. The second-order valence-corrected chi connectivity index (χ2v) is 3.95. The average Bonchev–Trinajstić information content (AvgIpc) is 2.22. The summed E-state index contributed by atoms with van der Waals surface area (Å²) >= 11 is 5.83. The van der Waals surface area contributed by atoms with E-state index < -0.39 is 0 Å². The maximum absolute atomic E-state index is 8.87. The van der Waals surface area contributed by atoms with E-state index in [0.29, 0.717) is 6.54 Å². The second-order valence-electron chi connectivity index (χ2n) is 3.51. The lowest BCUT2D eigenvalue weighted by Gasteiger charge is -2.14. The maximum atomic E-state index is 8.87. The fourth-order valence-corrected chi connectivity index (χ4v) is 1.53. The lowest BCUT2D eigenvalue weighted by atomic mass is 10.1. The number of rotatable bonds is 5. The van der Waals surface area contributed by atoms with Gasteiger partial charge in [0.15, 0.2) is 0 Å². The normalized spacial score (nSPS) is 11.0. The first-order valence-electron chi connectivity index (χ1n) is 4.87. The molecule has 0 aliphatic rings. The summed E-state index contributed by atoms with van der Waals surface area (Å²) in [5.41, 5.74) is 2.22. The van der Waals surface area contributed by atoms with Crippen molar-refractivity contribution >= 4 is 11.6 Å². The van der Waals surface area contributed by atoms with E-state index >= 15 is 0 Å². The maximum Gasteiger partial charge on any atom is 0.0607 e. The highest BCUT2D eigenvalue weighted by Crippen LogP contribution is 2.14. The topological polar surface area (TPSA) is 52.5 Å². The van der Waals surface area contributed by atoms with Gasteiger partial charge in [0, 0.05) is 11.6 Å². The highest BCUT2D eigenvalue weighted by Gasteiger charge is 2.05. The summed E-state index contributed by atoms with van der Waals surface area (Å²) in [5.74, 6) is 0. The van der Waals surface area contributed by atoms with E-state index in [4.69, 9.17) is 21.8 Å². The van der Waals surface area contributed by atoms with Gasteiger partial charge in [0.05, 0.1) is 19.3 Å². The molecule has 15 heavy (non-hydrogen) atoms. The molecule has 0 spiro atoms. The number of aryl methyl sites for hydroxylation is 1. The van der Waals surface area contributed by atoms with Crippen molar-refractivity contribution in [2.45, 2.75) is 19.5 Å². The molecule has 4 heteroatoms. The van der Waals surface area contributed by atoms with E-state index in [1.807, 2.05) is 25.1 Å². The fourth-order valence-electron chi connectivity index (χ4n) is 1.30. The van der Waals surface area contributed by atoms with Gasteiger partial charge in [-0.2, -0.15) is 0 Å². The van der Waals surface area contributed by atoms with Crippen LogP contribution in [-0.4, -0.2) is 29.5 Å². The molecule has 0 saturated carbocycles. The number of nitrogens with one attached hydrogen (secondary N) is 1. The second kappa shape index (κ2) is 6.08. The molecule has 0 radical (unpaired) electrons. The molecule has 0 aliphatic heterocycles. The van der Waals surface area contributed by atoms with Crippen molar-refractivity contribution in [1.29, 1.82) is 0 Å². The largest absolute Gasteiger partial charge is 0.395 e. The van der Waals surface area contributed by atoms with Crippen LogP contribution < -0.4 is 5.32 Å². The number of hydrogen-bond acceptors (Lipinski definition) is 3. The molecule has 1 aromatic rings. The van der Waals surface area contributed by atoms with Crippen LogP contribution in [0.3, 0.4) is 0 Å². The third kappa shape index (κ3) is 3.80. The van der Waals surface area contributed by atoms with Crippen LogP contribution in [0.25, 0.3) is 0 Å². The molecule has 0 aliphatic carbocycles. The van der Waals surface area contributed by atoms with E-state index in [1.165, 1.54) is 0 Å². The van der Waals surface area contributed by atoms with Crippen molar-refractivity contribution in [2.75, 3.05) is 13.2 Å². The van der Waals surface area contributed by atoms with Gasteiger partial charge in [-0.25, -0.2) is 0 Å². The van der Waals surface area contributed by atoms with Crippen LogP contribution in [-0.2, 0) is 6.54 Å². The first kappa shape index (κ1) is 12.5. The summed E-state index contributed by atoms with van der Waals surface area (Å²) in [6, 6.07) is 5.40. The molecule has 0 heterocycles. The lowest BCUT2D eigenvalue weighted by Crippen LogP contribution is -2.35. The standard InChI is InChI=1S/C11H16ClNO2/c1-8-4-10(12)3-2-9(8)5-13-11(6-14)7-15/h2-4,11,13-15H,5-7H2,1H3. The number of aliphatic hydroxyl groups excluding tert-OH is 2. The Morgan fingerprint density at radius 2 is 2.00 bits per heavy atom. The van der Waals surface area contributed by atoms with Crippen LogP contribution in [0.15, 0.2) is 18.2 Å². The van der Waals surface area contributed by atoms with Gasteiger partial charge in [0.2, 0.25) is 0 Å². The highest BCUT2D eigenvalue weighted by atomic mass is 35.5. The molecule has 0 bridgehead atoms. The smallest absolute Gasteiger partial charge is 0.0607 e. The Morgan fingerprint density at radius 3 is 2.53 bits per heavy atom. The van der Waals surface area contributed by atoms with Gasteiger partial charge in [-0.05, 0) is 30.2 Å². The molecular weight excluding hydrogens is 214 g/mol. The van der Waals surface area contributed by atoms with Crippen LogP contribution in [0, 0.1) is 6.92 Å². The number of aliphatic hydroxyl groups is 2. The van der Waals surface area contributed by atoms with Crippen molar-refractivity contribution < 1.29 is 10.2 Å². The Kier molecular flexibility index (Phi) is 5.05. The zero-order valence-corrected chi connectivity index (χ0v) is 9.46. The van der Waals surface area contributed by atoms with Gasteiger partial charge in [-0.3, -0.25) is 0 Å². The van der Waals surface area contributed by atoms with Gasteiger partial charge in [-0.1, -0.05) is 17.7 Å². The van der Waals surface area contributed by atoms with E-state index in [1.54, 1.807) is 0 Å². The van der Waals surface area contributed by atoms with Crippen LogP contribution in [0.2, 0.25) is 5.02 Å². The molecule has 1 rings (SSSR count). The fraction of sp³-hybridized carbons (Fsp3) is 0.455. The van der Waals surface area contributed by atoms with Crippen molar-refractivity contribution in [3.05, 3.63) is 34.3 Å². The zero-order chi connectivity index (χ0) is 11.3. The lowest BCUT2D eigenvalue weighted by molar-refractivity contribution is 0.170.